The predicted molar refractivity (Wildman–Crippen MR) is 271 cm³/mol. The predicted octanol–water partition coefficient (Wildman–Crippen LogP) is 15.5. The maximum absolute atomic E-state index is 5.15. The Kier molecular flexibility index (Phi) is 9.77. The second-order valence-electron chi connectivity index (χ2n) is 16.5. The summed E-state index contributed by atoms with van der Waals surface area (Å²) in [5.41, 5.74) is 12.0. The highest BCUT2D eigenvalue weighted by Crippen LogP contribution is 2.38. The molecule has 10 aromatic carbocycles. The molecule has 2 heterocycles. The summed E-state index contributed by atoms with van der Waals surface area (Å²) in [6, 6.07) is 82.3. The molecule has 308 valence electrons. The summed E-state index contributed by atoms with van der Waals surface area (Å²) in [4.78, 5) is 25.5. The zero-order valence-corrected chi connectivity index (χ0v) is 35.8. The highest BCUT2D eigenvalue weighted by atomic mass is 15.0. The molecule has 0 aliphatic rings. The molecule has 0 amide bonds. The molecule has 5 nitrogen and oxygen atoms in total. The third kappa shape index (κ3) is 7.34. The minimum atomic E-state index is 0.612. The minimum absolute atomic E-state index is 0.612. The van der Waals surface area contributed by atoms with Gasteiger partial charge in [0.25, 0.3) is 0 Å². The van der Waals surface area contributed by atoms with Crippen LogP contribution in [0.2, 0.25) is 0 Å². The van der Waals surface area contributed by atoms with Gasteiger partial charge in [-0.3, -0.25) is 0 Å². The van der Waals surface area contributed by atoms with Crippen LogP contribution in [0.1, 0.15) is 0 Å². The van der Waals surface area contributed by atoms with Crippen LogP contribution in [0.5, 0.6) is 0 Å². The van der Waals surface area contributed by atoms with E-state index >= 15 is 0 Å². The van der Waals surface area contributed by atoms with Crippen LogP contribution in [-0.4, -0.2) is 24.9 Å². The van der Waals surface area contributed by atoms with Crippen LogP contribution in [-0.2, 0) is 0 Å². The number of benzene rings is 10. The molecule has 0 saturated heterocycles. The van der Waals surface area contributed by atoms with Crippen molar-refractivity contribution in [2.24, 2.45) is 0 Å². The van der Waals surface area contributed by atoms with E-state index in [2.05, 4.69) is 182 Å². The fourth-order valence-electron chi connectivity index (χ4n) is 8.99. The Morgan fingerprint density at radius 1 is 0.167 bits per heavy atom. The van der Waals surface area contributed by atoms with Gasteiger partial charge in [-0.1, -0.05) is 218 Å². The number of hydrogen-bond donors (Lipinski definition) is 0. The quantitative estimate of drug-likeness (QED) is 0.143. The molecule has 0 fully saturated rings. The standard InChI is InChI=1S/C61H39N5/c1-4-15-40(16-5-1)41-27-31-43(32-28-41)56-39-57(63-58(62-56)44-17-6-2-7-18-44)48-22-14-21-47(37-48)42-29-33-46(34-30-42)60-64-59(45-19-8-3-9-20-45)65-61(66-60)49-35-36-54-52-25-11-10-23-50(52)51-24-12-13-26-53(51)55(54)38-49/h1-39H. The zero-order chi connectivity index (χ0) is 43.8. The Labute approximate surface area is 382 Å². The molecule has 0 unspecified atom stereocenters. The van der Waals surface area contributed by atoms with Crippen LogP contribution in [0, 0.1) is 0 Å². The van der Waals surface area contributed by atoms with Gasteiger partial charge in [-0.05, 0) is 72.8 Å². The first-order valence-electron chi connectivity index (χ1n) is 22.2. The highest BCUT2D eigenvalue weighted by Gasteiger charge is 2.16. The smallest absolute Gasteiger partial charge is 0.164 e. The summed E-state index contributed by atoms with van der Waals surface area (Å²) >= 11 is 0. The lowest BCUT2D eigenvalue weighted by Crippen LogP contribution is -2.00. The molecule has 2 aromatic heterocycles. The fraction of sp³-hybridized carbons (Fsp3) is 0. The second-order valence-corrected chi connectivity index (χ2v) is 16.5. The molecule has 12 aromatic rings. The summed E-state index contributed by atoms with van der Waals surface area (Å²) in [6.45, 7) is 0. The van der Waals surface area contributed by atoms with Crippen molar-refractivity contribution in [2.45, 2.75) is 0 Å². The Morgan fingerprint density at radius 2 is 0.500 bits per heavy atom. The van der Waals surface area contributed by atoms with E-state index in [4.69, 9.17) is 24.9 Å². The second kappa shape index (κ2) is 16.6. The Hall–Kier alpha value is -8.93. The highest BCUT2D eigenvalue weighted by molar-refractivity contribution is 6.25. The van der Waals surface area contributed by atoms with Gasteiger partial charge in [-0.25, -0.2) is 24.9 Å². The van der Waals surface area contributed by atoms with E-state index in [0.717, 1.165) is 61.5 Å². The van der Waals surface area contributed by atoms with Crippen LogP contribution in [0.3, 0.4) is 0 Å². The number of nitrogens with zero attached hydrogens (tertiary/aromatic N) is 5. The number of fused-ring (bicyclic) bond motifs is 6. The van der Waals surface area contributed by atoms with Gasteiger partial charge < -0.3 is 0 Å². The lowest BCUT2D eigenvalue weighted by Gasteiger charge is -2.13. The third-order valence-electron chi connectivity index (χ3n) is 12.4. The molecule has 5 heteroatoms. The molecule has 12 rings (SSSR count). The molecule has 0 bridgehead atoms. The van der Waals surface area contributed by atoms with Crippen LogP contribution in [0.4, 0.5) is 0 Å². The van der Waals surface area contributed by atoms with Crippen molar-refractivity contribution in [2.75, 3.05) is 0 Å². The molecule has 0 atom stereocenters. The van der Waals surface area contributed by atoms with E-state index in [0.29, 0.717) is 23.3 Å². The molecule has 0 saturated carbocycles. The molecule has 66 heavy (non-hydrogen) atoms. The summed E-state index contributed by atoms with van der Waals surface area (Å²) in [6.07, 6.45) is 0. The van der Waals surface area contributed by atoms with Crippen molar-refractivity contribution >= 4 is 32.3 Å². The van der Waals surface area contributed by atoms with E-state index in [9.17, 15) is 0 Å². The molecule has 0 radical (unpaired) electrons. The largest absolute Gasteiger partial charge is 0.228 e. The van der Waals surface area contributed by atoms with Gasteiger partial charge in [-0.15, -0.1) is 0 Å². The Bertz CT molecular complexity index is 3690. The maximum Gasteiger partial charge on any atom is 0.164 e. The van der Waals surface area contributed by atoms with E-state index < -0.39 is 0 Å². The van der Waals surface area contributed by atoms with Crippen molar-refractivity contribution in [1.82, 2.24) is 24.9 Å². The van der Waals surface area contributed by atoms with Gasteiger partial charge in [0.1, 0.15) is 0 Å². The van der Waals surface area contributed by atoms with Crippen LogP contribution < -0.4 is 0 Å². The molecule has 0 N–H and O–H groups in total. The fourth-order valence-corrected chi connectivity index (χ4v) is 8.99. The van der Waals surface area contributed by atoms with E-state index in [1.54, 1.807) is 0 Å². The summed E-state index contributed by atoms with van der Waals surface area (Å²) in [5, 5.41) is 7.29. The zero-order valence-electron chi connectivity index (χ0n) is 35.8. The summed E-state index contributed by atoms with van der Waals surface area (Å²) in [7, 11) is 0. The third-order valence-corrected chi connectivity index (χ3v) is 12.4. The minimum Gasteiger partial charge on any atom is -0.228 e. The number of hydrogen-bond acceptors (Lipinski definition) is 5. The molecule has 0 spiro atoms. The van der Waals surface area contributed by atoms with E-state index in [1.165, 1.54) is 37.9 Å². The Morgan fingerprint density at radius 3 is 1.06 bits per heavy atom. The maximum atomic E-state index is 5.15. The molecular formula is C61H39N5. The van der Waals surface area contributed by atoms with Gasteiger partial charge in [0, 0.05) is 33.4 Å². The van der Waals surface area contributed by atoms with Crippen LogP contribution in [0.15, 0.2) is 237 Å². The normalized spacial score (nSPS) is 11.3. The van der Waals surface area contributed by atoms with Gasteiger partial charge in [0.2, 0.25) is 0 Å². The molecule has 0 aliphatic heterocycles. The van der Waals surface area contributed by atoms with Gasteiger partial charge in [0.15, 0.2) is 23.3 Å². The average Bonchev–Trinajstić information content (AvgIpc) is 3.41. The van der Waals surface area contributed by atoms with Crippen LogP contribution in [0.25, 0.3) is 123 Å². The molecule has 0 aliphatic carbocycles. The van der Waals surface area contributed by atoms with Crippen molar-refractivity contribution in [3.8, 4) is 90.3 Å². The summed E-state index contributed by atoms with van der Waals surface area (Å²) in [5.74, 6) is 2.55. The first-order valence-corrected chi connectivity index (χ1v) is 22.2. The SMILES string of the molecule is c1ccc(-c2ccc(-c3cc(-c4cccc(-c5ccc(-c6nc(-c7ccccc7)nc(-c7ccc8c9ccccc9c9ccccc9c8c7)n6)cc5)c4)nc(-c4ccccc4)n3)cc2)cc1. The van der Waals surface area contributed by atoms with Crippen molar-refractivity contribution in [3.63, 3.8) is 0 Å². The van der Waals surface area contributed by atoms with Crippen molar-refractivity contribution in [3.05, 3.63) is 237 Å². The monoisotopic (exact) mass is 841 g/mol. The lowest BCUT2D eigenvalue weighted by molar-refractivity contribution is 1.07. The van der Waals surface area contributed by atoms with Gasteiger partial charge in [0.05, 0.1) is 11.4 Å². The first kappa shape index (κ1) is 38.7. The van der Waals surface area contributed by atoms with Crippen molar-refractivity contribution < 1.29 is 0 Å². The van der Waals surface area contributed by atoms with Gasteiger partial charge >= 0.3 is 0 Å². The van der Waals surface area contributed by atoms with E-state index in [-0.39, 0.29) is 0 Å². The summed E-state index contributed by atoms with van der Waals surface area (Å²) < 4.78 is 0. The molecular weight excluding hydrogens is 803 g/mol. The van der Waals surface area contributed by atoms with Gasteiger partial charge in [-0.2, -0.15) is 0 Å². The Balaban J connectivity index is 0.909. The van der Waals surface area contributed by atoms with Crippen molar-refractivity contribution in [1.29, 1.82) is 0 Å². The number of aromatic nitrogens is 5. The average molecular weight is 842 g/mol. The number of rotatable bonds is 8. The first-order chi connectivity index (χ1) is 32.7. The lowest BCUT2D eigenvalue weighted by atomic mass is 9.93. The van der Waals surface area contributed by atoms with E-state index in [1.807, 2.05) is 54.6 Å². The van der Waals surface area contributed by atoms with Crippen LogP contribution >= 0.6 is 0 Å². The topological polar surface area (TPSA) is 64.5 Å².